The van der Waals surface area contributed by atoms with Crippen LogP contribution in [0.2, 0.25) is 5.02 Å². The van der Waals surface area contributed by atoms with Crippen molar-refractivity contribution >= 4 is 22.6 Å². The van der Waals surface area contributed by atoms with Crippen molar-refractivity contribution in [3.05, 3.63) is 83.4 Å². The molecule has 4 rings (SSSR count). The van der Waals surface area contributed by atoms with Crippen molar-refractivity contribution in [3.63, 3.8) is 0 Å². The molecule has 4 aromatic rings. The minimum atomic E-state index is -0.433. The van der Waals surface area contributed by atoms with Gasteiger partial charge in [0.15, 0.2) is 5.82 Å². The van der Waals surface area contributed by atoms with E-state index in [4.69, 9.17) is 11.6 Å². The quantitative estimate of drug-likeness (QED) is 0.453. The van der Waals surface area contributed by atoms with E-state index < -0.39 is 5.82 Å². The highest BCUT2D eigenvalue weighted by molar-refractivity contribution is 6.31. The van der Waals surface area contributed by atoms with Crippen LogP contribution in [0.25, 0.3) is 27.8 Å². The molecule has 1 heterocycles. The van der Waals surface area contributed by atoms with Gasteiger partial charge in [0.25, 0.3) is 0 Å². The number of imidazole rings is 1. The van der Waals surface area contributed by atoms with Crippen LogP contribution in [-0.4, -0.2) is 9.55 Å². The Bertz CT molecular complexity index is 1040. The lowest BCUT2D eigenvalue weighted by molar-refractivity contribution is 0.618. The zero-order valence-electron chi connectivity index (χ0n) is 13.0. The third-order valence-electron chi connectivity index (χ3n) is 4.23. The lowest BCUT2D eigenvalue weighted by Gasteiger charge is -2.15. The molecule has 0 radical (unpaired) electrons. The Hall–Kier alpha value is -2.65. The third kappa shape index (κ3) is 2.29. The van der Waals surface area contributed by atoms with E-state index in [1.165, 1.54) is 0 Å². The summed E-state index contributed by atoms with van der Waals surface area (Å²) in [5.41, 5.74) is 4.84. The van der Waals surface area contributed by atoms with Crippen molar-refractivity contribution in [2.24, 2.45) is 0 Å². The van der Waals surface area contributed by atoms with Crippen LogP contribution >= 0.6 is 11.6 Å². The van der Waals surface area contributed by atoms with Crippen LogP contribution in [-0.2, 0) is 0 Å². The second-order valence-electron chi connectivity index (χ2n) is 5.66. The number of aromatic nitrogens is 2. The molecule has 3 aromatic carbocycles. The molecule has 1 aromatic heterocycles. The summed E-state index contributed by atoms with van der Waals surface area (Å²) in [6.07, 6.45) is 1.64. The van der Waals surface area contributed by atoms with Crippen LogP contribution in [0.3, 0.4) is 0 Å². The minimum absolute atomic E-state index is 0.104. The predicted molar refractivity (Wildman–Crippen MR) is 96.2 cm³/mol. The van der Waals surface area contributed by atoms with Crippen LogP contribution in [0.5, 0.6) is 0 Å². The van der Waals surface area contributed by atoms with Crippen LogP contribution in [0, 0.1) is 12.7 Å². The van der Waals surface area contributed by atoms with Gasteiger partial charge in [0.2, 0.25) is 0 Å². The zero-order valence-corrected chi connectivity index (χ0v) is 13.8. The van der Waals surface area contributed by atoms with E-state index in [1.54, 1.807) is 17.0 Å². The Kier molecular flexibility index (Phi) is 3.58. The molecule has 0 saturated carbocycles. The van der Waals surface area contributed by atoms with Gasteiger partial charge in [0.1, 0.15) is 6.33 Å². The summed E-state index contributed by atoms with van der Waals surface area (Å²) in [7, 11) is 0. The lowest BCUT2D eigenvalue weighted by Crippen LogP contribution is -2.02. The van der Waals surface area contributed by atoms with E-state index in [9.17, 15) is 4.39 Å². The fourth-order valence-electron chi connectivity index (χ4n) is 3.04. The van der Waals surface area contributed by atoms with Gasteiger partial charge in [-0.05, 0) is 41.8 Å². The van der Waals surface area contributed by atoms with E-state index in [0.29, 0.717) is 5.69 Å². The number of hydrogen-bond donors (Lipinski definition) is 0. The van der Waals surface area contributed by atoms with Crippen molar-refractivity contribution in [2.45, 2.75) is 6.92 Å². The predicted octanol–water partition coefficient (Wildman–Crippen LogP) is 5.79. The minimum Gasteiger partial charge on any atom is -0.296 e. The molecule has 0 aliphatic rings. The molecule has 0 amide bonds. The van der Waals surface area contributed by atoms with Gasteiger partial charge in [-0.15, -0.1) is 0 Å². The molecule has 0 bridgehead atoms. The molecule has 0 aliphatic carbocycles. The molecule has 0 N–H and O–H groups in total. The van der Waals surface area contributed by atoms with Crippen molar-refractivity contribution in [3.8, 4) is 16.8 Å². The molecule has 0 spiro atoms. The molecule has 0 fully saturated rings. The van der Waals surface area contributed by atoms with Crippen molar-refractivity contribution < 1.29 is 4.39 Å². The summed E-state index contributed by atoms with van der Waals surface area (Å²) in [5, 5.41) is 0.104. The summed E-state index contributed by atoms with van der Waals surface area (Å²) in [4.78, 5) is 4.36. The highest BCUT2D eigenvalue weighted by Crippen LogP contribution is 2.35. The summed E-state index contributed by atoms with van der Waals surface area (Å²) >= 11 is 6.20. The first-order valence-corrected chi connectivity index (χ1v) is 8.01. The number of fused-ring (bicyclic) bond motifs is 1. The fourth-order valence-corrected chi connectivity index (χ4v) is 3.24. The van der Waals surface area contributed by atoms with Gasteiger partial charge in [-0.2, -0.15) is 0 Å². The second-order valence-corrected chi connectivity index (χ2v) is 6.07. The Labute approximate surface area is 144 Å². The SMILES string of the molecule is Cc1c(-c2ccccc2)cc(Cl)c(F)c1-n1cnc2ccccc21. The van der Waals surface area contributed by atoms with Gasteiger partial charge in [-0.1, -0.05) is 54.1 Å². The van der Waals surface area contributed by atoms with E-state index in [1.807, 2.05) is 61.5 Å². The number of halogens is 2. The molecule has 2 nitrogen and oxygen atoms in total. The molecule has 118 valence electrons. The maximum Gasteiger partial charge on any atom is 0.166 e. The van der Waals surface area contributed by atoms with Crippen molar-refractivity contribution in [1.82, 2.24) is 9.55 Å². The van der Waals surface area contributed by atoms with Gasteiger partial charge in [0, 0.05) is 0 Å². The molecule has 0 aliphatic heterocycles. The molecule has 24 heavy (non-hydrogen) atoms. The molecule has 0 unspecified atom stereocenters. The largest absolute Gasteiger partial charge is 0.296 e. The summed E-state index contributed by atoms with van der Waals surface area (Å²) in [5.74, 6) is -0.433. The highest BCUT2D eigenvalue weighted by atomic mass is 35.5. The van der Waals surface area contributed by atoms with Gasteiger partial charge < -0.3 is 0 Å². The number of benzene rings is 3. The number of para-hydroxylation sites is 2. The fraction of sp³-hybridized carbons (Fsp3) is 0.0500. The Morgan fingerprint density at radius 3 is 2.50 bits per heavy atom. The first kappa shape index (κ1) is 14.9. The van der Waals surface area contributed by atoms with E-state index in [0.717, 1.165) is 27.7 Å². The molecular formula is C20H14ClFN2. The van der Waals surface area contributed by atoms with E-state index >= 15 is 0 Å². The average molecular weight is 337 g/mol. The van der Waals surface area contributed by atoms with Crippen LogP contribution < -0.4 is 0 Å². The Balaban J connectivity index is 2.04. The maximum atomic E-state index is 14.9. The average Bonchev–Trinajstić information content (AvgIpc) is 3.03. The summed E-state index contributed by atoms with van der Waals surface area (Å²) < 4.78 is 16.6. The van der Waals surface area contributed by atoms with Crippen LogP contribution in [0.4, 0.5) is 4.39 Å². The molecule has 4 heteroatoms. The van der Waals surface area contributed by atoms with Crippen LogP contribution in [0.15, 0.2) is 67.0 Å². The number of hydrogen-bond acceptors (Lipinski definition) is 1. The monoisotopic (exact) mass is 336 g/mol. The zero-order chi connectivity index (χ0) is 16.7. The first-order chi connectivity index (χ1) is 11.7. The molecule has 0 saturated heterocycles. The first-order valence-electron chi connectivity index (χ1n) is 7.63. The lowest BCUT2D eigenvalue weighted by atomic mass is 9.98. The van der Waals surface area contributed by atoms with E-state index in [-0.39, 0.29) is 5.02 Å². The van der Waals surface area contributed by atoms with Crippen molar-refractivity contribution in [2.75, 3.05) is 0 Å². The summed E-state index contributed by atoms with van der Waals surface area (Å²) in [6, 6.07) is 19.2. The number of rotatable bonds is 2. The summed E-state index contributed by atoms with van der Waals surface area (Å²) in [6.45, 7) is 1.91. The third-order valence-corrected chi connectivity index (χ3v) is 4.50. The molecule has 0 atom stereocenters. The Morgan fingerprint density at radius 1 is 1.00 bits per heavy atom. The van der Waals surface area contributed by atoms with Gasteiger partial charge in [-0.25, -0.2) is 9.37 Å². The van der Waals surface area contributed by atoms with Gasteiger partial charge in [-0.3, -0.25) is 4.57 Å². The number of nitrogens with zero attached hydrogens (tertiary/aromatic N) is 2. The Morgan fingerprint density at radius 2 is 1.71 bits per heavy atom. The molecular weight excluding hydrogens is 323 g/mol. The highest BCUT2D eigenvalue weighted by Gasteiger charge is 2.18. The normalized spacial score (nSPS) is 11.1. The van der Waals surface area contributed by atoms with Crippen LogP contribution in [0.1, 0.15) is 5.56 Å². The smallest absolute Gasteiger partial charge is 0.166 e. The standard InChI is InChI=1S/C20H14ClFN2/c1-13-15(14-7-3-2-4-8-14)11-16(21)19(22)20(13)24-12-23-17-9-5-6-10-18(17)24/h2-12H,1H3. The van der Waals surface area contributed by atoms with Gasteiger partial charge in [0.05, 0.1) is 21.7 Å². The second kappa shape index (κ2) is 5.77. The van der Waals surface area contributed by atoms with Gasteiger partial charge >= 0.3 is 0 Å². The maximum absolute atomic E-state index is 14.9. The van der Waals surface area contributed by atoms with Crippen molar-refractivity contribution in [1.29, 1.82) is 0 Å². The van der Waals surface area contributed by atoms with E-state index in [2.05, 4.69) is 4.98 Å². The topological polar surface area (TPSA) is 17.8 Å².